The van der Waals surface area contributed by atoms with Crippen LogP contribution in [0.25, 0.3) is 0 Å². The summed E-state index contributed by atoms with van der Waals surface area (Å²) in [5.74, 6) is -0.0123. The van der Waals surface area contributed by atoms with Crippen molar-refractivity contribution in [2.24, 2.45) is 0 Å². The molecule has 2 aromatic rings. The second kappa shape index (κ2) is 5.37. The third-order valence-corrected chi connectivity index (χ3v) is 2.73. The Kier molecular flexibility index (Phi) is 3.63. The smallest absolute Gasteiger partial charge is 0.308 e. The highest BCUT2D eigenvalue weighted by molar-refractivity contribution is 7.10. The number of carbonyl (C=O) groups excluding carboxylic acids is 2. The van der Waals surface area contributed by atoms with Gasteiger partial charge in [0, 0.05) is 22.8 Å². The van der Waals surface area contributed by atoms with Crippen LogP contribution in [-0.2, 0) is 0 Å². The minimum atomic E-state index is -0.378. The molecular formula is C11H10N4O2S. The van der Waals surface area contributed by atoms with E-state index in [4.69, 9.17) is 0 Å². The zero-order chi connectivity index (χ0) is 13.0. The summed E-state index contributed by atoms with van der Waals surface area (Å²) < 4.78 is 3.62. The van der Waals surface area contributed by atoms with E-state index in [1.54, 1.807) is 24.3 Å². The molecule has 1 aromatic carbocycles. The highest BCUT2D eigenvalue weighted by atomic mass is 32.1. The lowest BCUT2D eigenvalue weighted by atomic mass is 10.1. The molecule has 2 N–H and O–H groups in total. The Morgan fingerprint density at radius 2 is 1.89 bits per heavy atom. The molecule has 6 nitrogen and oxygen atoms in total. The molecule has 0 saturated heterocycles. The summed E-state index contributed by atoms with van der Waals surface area (Å²) in [7, 11) is 0. The predicted molar refractivity (Wildman–Crippen MR) is 69.0 cm³/mol. The normalized spacial score (nSPS) is 9.83. The topological polar surface area (TPSA) is 84.0 Å². The molecule has 2 rings (SSSR count). The third kappa shape index (κ3) is 3.11. The van der Waals surface area contributed by atoms with E-state index in [9.17, 15) is 9.59 Å². The molecule has 0 radical (unpaired) electrons. The second-order valence-electron chi connectivity index (χ2n) is 3.49. The maximum atomic E-state index is 11.6. The molecule has 2 amide bonds. The molecule has 0 saturated carbocycles. The summed E-state index contributed by atoms with van der Waals surface area (Å²) >= 11 is 1.09. The van der Waals surface area contributed by atoms with E-state index in [0.717, 1.165) is 11.5 Å². The first-order chi connectivity index (χ1) is 8.65. The van der Waals surface area contributed by atoms with E-state index in [1.165, 1.54) is 13.1 Å². The Bertz CT molecular complexity index is 551. The van der Waals surface area contributed by atoms with Crippen LogP contribution in [-0.4, -0.2) is 21.4 Å². The maximum Gasteiger partial charge on any atom is 0.324 e. The van der Waals surface area contributed by atoms with Crippen LogP contribution in [0.2, 0.25) is 0 Å². The van der Waals surface area contributed by atoms with Gasteiger partial charge in [-0.1, -0.05) is 4.49 Å². The van der Waals surface area contributed by atoms with Crippen molar-refractivity contribution in [1.29, 1.82) is 0 Å². The number of ketones is 1. The number of nitrogens with one attached hydrogen (secondary N) is 2. The fraction of sp³-hybridized carbons (Fsp3) is 0.0909. The molecule has 18 heavy (non-hydrogen) atoms. The lowest BCUT2D eigenvalue weighted by molar-refractivity contribution is 0.101. The lowest BCUT2D eigenvalue weighted by Gasteiger charge is -2.05. The molecule has 0 fully saturated rings. The summed E-state index contributed by atoms with van der Waals surface area (Å²) in [6.07, 6.45) is 1.46. The number of rotatable bonds is 3. The van der Waals surface area contributed by atoms with Crippen molar-refractivity contribution in [3.8, 4) is 0 Å². The van der Waals surface area contributed by atoms with Gasteiger partial charge >= 0.3 is 6.03 Å². The standard InChI is InChI=1S/C11H10N4O2S/c1-7(16)8-2-4-9(5-3-8)13-11(17)14-10-6-12-15-18-10/h2-6H,1H3,(H2,13,14,17). The molecule has 7 heteroatoms. The molecule has 0 unspecified atom stereocenters. The van der Waals surface area contributed by atoms with Crippen molar-refractivity contribution in [2.45, 2.75) is 6.92 Å². The first-order valence-electron chi connectivity index (χ1n) is 5.11. The van der Waals surface area contributed by atoms with Crippen LogP contribution in [0, 0.1) is 0 Å². The van der Waals surface area contributed by atoms with Gasteiger partial charge in [0.2, 0.25) is 0 Å². The number of carbonyl (C=O) groups is 2. The van der Waals surface area contributed by atoms with Crippen molar-refractivity contribution in [3.63, 3.8) is 0 Å². The van der Waals surface area contributed by atoms with Gasteiger partial charge in [-0.15, -0.1) is 5.10 Å². The van der Waals surface area contributed by atoms with Crippen molar-refractivity contribution in [2.75, 3.05) is 10.6 Å². The fourth-order valence-electron chi connectivity index (χ4n) is 1.28. The zero-order valence-corrected chi connectivity index (χ0v) is 10.3. The minimum absolute atomic E-state index is 0.0123. The first kappa shape index (κ1) is 12.2. The van der Waals surface area contributed by atoms with Gasteiger partial charge in [-0.3, -0.25) is 10.1 Å². The summed E-state index contributed by atoms with van der Waals surface area (Å²) in [6.45, 7) is 1.49. The van der Waals surface area contributed by atoms with Crippen molar-refractivity contribution >= 4 is 34.0 Å². The van der Waals surface area contributed by atoms with Crippen LogP contribution in [0.15, 0.2) is 30.5 Å². The number of nitrogens with zero attached hydrogens (tertiary/aromatic N) is 2. The molecule has 0 spiro atoms. The van der Waals surface area contributed by atoms with Crippen molar-refractivity contribution in [1.82, 2.24) is 9.59 Å². The highest BCUT2D eigenvalue weighted by Gasteiger charge is 2.05. The van der Waals surface area contributed by atoms with Gasteiger partial charge in [0.1, 0.15) is 5.00 Å². The van der Waals surface area contributed by atoms with Gasteiger partial charge in [0.25, 0.3) is 0 Å². The van der Waals surface area contributed by atoms with E-state index in [0.29, 0.717) is 16.3 Å². The molecule has 0 atom stereocenters. The summed E-state index contributed by atoms with van der Waals surface area (Å²) in [6, 6.07) is 6.28. The number of benzene rings is 1. The van der Waals surface area contributed by atoms with Gasteiger partial charge in [0.15, 0.2) is 5.78 Å². The number of Topliss-reactive ketones (excluding diaryl/α,β-unsaturated/α-hetero) is 1. The fourth-order valence-corrected chi connectivity index (χ4v) is 1.70. The Morgan fingerprint density at radius 3 is 2.44 bits per heavy atom. The van der Waals surface area contributed by atoms with Crippen LogP contribution in [0.3, 0.4) is 0 Å². The van der Waals surface area contributed by atoms with Crippen LogP contribution in [0.1, 0.15) is 17.3 Å². The molecule has 1 heterocycles. The van der Waals surface area contributed by atoms with Gasteiger partial charge in [-0.2, -0.15) is 0 Å². The Morgan fingerprint density at radius 1 is 1.17 bits per heavy atom. The zero-order valence-electron chi connectivity index (χ0n) is 9.51. The second-order valence-corrected chi connectivity index (χ2v) is 4.28. The van der Waals surface area contributed by atoms with Crippen LogP contribution >= 0.6 is 11.5 Å². The average molecular weight is 262 g/mol. The molecule has 1 aromatic heterocycles. The molecular weight excluding hydrogens is 252 g/mol. The Labute approximate surface area is 107 Å². The van der Waals surface area contributed by atoms with Crippen LogP contribution in [0.5, 0.6) is 0 Å². The van der Waals surface area contributed by atoms with Gasteiger partial charge < -0.3 is 5.32 Å². The molecule has 0 aliphatic heterocycles. The van der Waals surface area contributed by atoms with Crippen LogP contribution in [0.4, 0.5) is 15.5 Å². The number of hydrogen-bond acceptors (Lipinski definition) is 5. The highest BCUT2D eigenvalue weighted by Crippen LogP contribution is 2.12. The first-order valence-corrected chi connectivity index (χ1v) is 5.89. The largest absolute Gasteiger partial charge is 0.324 e. The SMILES string of the molecule is CC(=O)c1ccc(NC(=O)Nc2cnns2)cc1. The lowest BCUT2D eigenvalue weighted by Crippen LogP contribution is -2.18. The van der Waals surface area contributed by atoms with E-state index in [1.807, 2.05) is 0 Å². The van der Waals surface area contributed by atoms with E-state index in [-0.39, 0.29) is 11.8 Å². The summed E-state index contributed by atoms with van der Waals surface area (Å²) in [5.41, 5.74) is 1.21. The van der Waals surface area contributed by atoms with Crippen molar-refractivity contribution < 1.29 is 9.59 Å². The predicted octanol–water partition coefficient (Wildman–Crippen LogP) is 2.38. The van der Waals surface area contributed by atoms with Gasteiger partial charge in [-0.05, 0) is 31.2 Å². The Hall–Kier alpha value is -2.28. The van der Waals surface area contributed by atoms with E-state index < -0.39 is 0 Å². The molecule has 0 bridgehead atoms. The van der Waals surface area contributed by atoms with E-state index >= 15 is 0 Å². The van der Waals surface area contributed by atoms with Gasteiger partial charge in [0.05, 0.1) is 6.20 Å². The van der Waals surface area contributed by atoms with Gasteiger partial charge in [-0.25, -0.2) is 4.79 Å². The maximum absolute atomic E-state index is 11.6. The number of hydrogen-bond donors (Lipinski definition) is 2. The van der Waals surface area contributed by atoms with Crippen molar-refractivity contribution in [3.05, 3.63) is 36.0 Å². The quantitative estimate of drug-likeness (QED) is 0.832. The number of amides is 2. The molecule has 0 aliphatic rings. The third-order valence-electron chi connectivity index (χ3n) is 2.15. The number of urea groups is 1. The Balaban J connectivity index is 1.97. The van der Waals surface area contributed by atoms with Crippen LogP contribution < -0.4 is 10.6 Å². The monoisotopic (exact) mass is 262 g/mol. The number of anilines is 2. The number of aromatic nitrogens is 2. The molecule has 92 valence electrons. The summed E-state index contributed by atoms with van der Waals surface area (Å²) in [5, 5.41) is 9.39. The minimum Gasteiger partial charge on any atom is -0.308 e. The molecule has 0 aliphatic carbocycles. The average Bonchev–Trinajstić information content (AvgIpc) is 2.82. The van der Waals surface area contributed by atoms with E-state index in [2.05, 4.69) is 20.2 Å². The summed E-state index contributed by atoms with van der Waals surface area (Å²) in [4.78, 5) is 22.6.